The molecule has 0 fully saturated rings. The number of pyridine rings is 1. The summed E-state index contributed by atoms with van der Waals surface area (Å²) in [5.74, 6) is -0.289. The summed E-state index contributed by atoms with van der Waals surface area (Å²) in [6.45, 7) is 5.51. The Labute approximate surface area is 118 Å². The quantitative estimate of drug-likeness (QED) is 0.807. The molecule has 4 nitrogen and oxygen atoms in total. The molecule has 2 heterocycles. The minimum absolute atomic E-state index is 0.289. The number of carbonyl (C=O) groups excluding carboxylic acids is 1. The Hall–Kier alpha value is -1.20. The van der Waals surface area contributed by atoms with Crippen molar-refractivity contribution >= 4 is 33.4 Å². The first-order valence-electron chi connectivity index (χ1n) is 5.30. The van der Waals surface area contributed by atoms with Gasteiger partial charge in [-0.2, -0.15) is 5.10 Å². The lowest BCUT2D eigenvalue weighted by Gasteiger charge is -2.07. The fourth-order valence-electron chi connectivity index (χ4n) is 1.58. The minimum atomic E-state index is -0.289. The van der Waals surface area contributed by atoms with Crippen LogP contribution in [0.3, 0.4) is 0 Å². The molecule has 2 aromatic heterocycles. The normalized spacial score (nSPS) is 10.7. The molecule has 6 heteroatoms. The highest BCUT2D eigenvalue weighted by molar-refractivity contribution is 9.10. The maximum atomic E-state index is 12.3. The first-order chi connectivity index (χ1) is 8.41. The second kappa shape index (κ2) is 4.82. The van der Waals surface area contributed by atoms with Crippen molar-refractivity contribution in [1.29, 1.82) is 0 Å². The molecule has 0 atom stereocenters. The Kier molecular flexibility index (Phi) is 3.54. The number of carbonyl (C=O) groups is 1. The fraction of sp³-hybridized carbons (Fsp3) is 0.250. The molecule has 0 N–H and O–H groups in total. The summed E-state index contributed by atoms with van der Waals surface area (Å²) in [5.41, 5.74) is 2.77. The van der Waals surface area contributed by atoms with Crippen LogP contribution in [0.5, 0.6) is 0 Å². The maximum absolute atomic E-state index is 12.3. The molecule has 0 spiro atoms. The van der Waals surface area contributed by atoms with Crippen LogP contribution >= 0.6 is 27.5 Å². The molecule has 94 valence electrons. The Balaban J connectivity index is 2.50. The Morgan fingerprint density at radius 2 is 2.06 bits per heavy atom. The zero-order chi connectivity index (χ0) is 13.4. The van der Waals surface area contributed by atoms with Crippen LogP contribution in [-0.4, -0.2) is 20.7 Å². The molecule has 2 aromatic rings. The first-order valence-corrected chi connectivity index (χ1v) is 6.47. The molecule has 0 bridgehead atoms. The third-order valence-corrected chi connectivity index (χ3v) is 4.26. The van der Waals surface area contributed by atoms with Crippen molar-refractivity contribution in [2.45, 2.75) is 20.8 Å². The predicted octanol–water partition coefficient (Wildman–Crippen LogP) is 3.31. The van der Waals surface area contributed by atoms with Gasteiger partial charge in [0.2, 0.25) is 0 Å². The molecule has 0 amide bonds. The zero-order valence-electron chi connectivity index (χ0n) is 10.2. The highest BCUT2D eigenvalue weighted by Crippen LogP contribution is 2.23. The van der Waals surface area contributed by atoms with Gasteiger partial charge in [-0.1, -0.05) is 27.5 Å². The molecule has 0 aromatic carbocycles. The minimum Gasteiger partial charge on any atom is -0.265 e. The molecule has 0 saturated carbocycles. The number of aromatic nitrogens is 3. The summed E-state index contributed by atoms with van der Waals surface area (Å²) in [6, 6.07) is 0. The summed E-state index contributed by atoms with van der Waals surface area (Å²) in [5, 5.41) is 4.52. The van der Waals surface area contributed by atoms with Gasteiger partial charge in [0.15, 0.2) is 0 Å². The highest BCUT2D eigenvalue weighted by atomic mass is 79.9. The molecule has 0 aliphatic heterocycles. The molecular formula is C12H11BrClN3O. The monoisotopic (exact) mass is 327 g/mol. The Bertz CT molecular complexity index is 617. The van der Waals surface area contributed by atoms with Crippen LogP contribution in [0.4, 0.5) is 0 Å². The van der Waals surface area contributed by atoms with E-state index in [1.165, 1.54) is 10.9 Å². The van der Waals surface area contributed by atoms with Crippen LogP contribution in [0.2, 0.25) is 5.02 Å². The van der Waals surface area contributed by atoms with Gasteiger partial charge in [-0.15, -0.1) is 0 Å². The summed E-state index contributed by atoms with van der Waals surface area (Å²) >= 11 is 9.33. The van der Waals surface area contributed by atoms with Gasteiger partial charge in [0, 0.05) is 10.7 Å². The molecule has 0 radical (unpaired) electrons. The molecule has 0 saturated heterocycles. The predicted molar refractivity (Wildman–Crippen MR) is 73.1 cm³/mol. The van der Waals surface area contributed by atoms with E-state index in [0.717, 1.165) is 15.6 Å². The number of aryl methyl sites for hydroxylation is 2. The van der Waals surface area contributed by atoms with Gasteiger partial charge >= 0.3 is 0 Å². The number of nitrogens with zero attached hydrogens (tertiary/aromatic N) is 3. The molecule has 0 unspecified atom stereocenters. The van der Waals surface area contributed by atoms with E-state index in [1.807, 2.05) is 13.8 Å². The summed E-state index contributed by atoms with van der Waals surface area (Å²) in [6.07, 6.45) is 3.15. The standard InChI is InChI=1S/C12H11BrClN3O/c1-6-4-15-11(7(2)10(6)13)12(18)17-5-9(14)8(3)16-17/h4-5H,1-3H3. The SMILES string of the molecule is Cc1cnc(C(=O)n2cc(Cl)c(C)n2)c(C)c1Br. The highest BCUT2D eigenvalue weighted by Gasteiger charge is 2.17. The van der Waals surface area contributed by atoms with Gasteiger partial charge in [-0.05, 0) is 31.9 Å². The maximum Gasteiger partial charge on any atom is 0.297 e. The number of hydrogen-bond acceptors (Lipinski definition) is 3. The largest absolute Gasteiger partial charge is 0.297 e. The van der Waals surface area contributed by atoms with E-state index in [9.17, 15) is 4.79 Å². The van der Waals surface area contributed by atoms with Crippen molar-refractivity contribution in [3.63, 3.8) is 0 Å². The van der Waals surface area contributed by atoms with Gasteiger partial charge < -0.3 is 0 Å². The van der Waals surface area contributed by atoms with Crippen LogP contribution in [0, 0.1) is 20.8 Å². The second-order valence-corrected chi connectivity index (χ2v) is 5.24. The van der Waals surface area contributed by atoms with Crippen LogP contribution in [-0.2, 0) is 0 Å². The van der Waals surface area contributed by atoms with E-state index in [-0.39, 0.29) is 5.91 Å². The van der Waals surface area contributed by atoms with Crippen LogP contribution in [0.1, 0.15) is 27.3 Å². The van der Waals surface area contributed by atoms with E-state index in [4.69, 9.17) is 11.6 Å². The van der Waals surface area contributed by atoms with E-state index in [1.54, 1.807) is 13.1 Å². The fourth-order valence-corrected chi connectivity index (χ4v) is 2.00. The number of rotatable bonds is 1. The molecule has 2 rings (SSSR count). The lowest BCUT2D eigenvalue weighted by Crippen LogP contribution is -2.16. The van der Waals surface area contributed by atoms with Crippen molar-refractivity contribution in [2.24, 2.45) is 0 Å². The topological polar surface area (TPSA) is 47.8 Å². The third-order valence-electron chi connectivity index (χ3n) is 2.67. The number of hydrogen-bond donors (Lipinski definition) is 0. The van der Waals surface area contributed by atoms with Crippen LogP contribution in [0.25, 0.3) is 0 Å². The Morgan fingerprint density at radius 3 is 2.61 bits per heavy atom. The van der Waals surface area contributed by atoms with Crippen molar-refractivity contribution < 1.29 is 4.79 Å². The zero-order valence-corrected chi connectivity index (χ0v) is 12.5. The van der Waals surface area contributed by atoms with Crippen LogP contribution in [0.15, 0.2) is 16.9 Å². The van der Waals surface area contributed by atoms with Crippen molar-refractivity contribution in [2.75, 3.05) is 0 Å². The van der Waals surface area contributed by atoms with E-state index in [2.05, 4.69) is 26.0 Å². The second-order valence-electron chi connectivity index (χ2n) is 4.04. The number of halogens is 2. The smallest absolute Gasteiger partial charge is 0.265 e. The van der Waals surface area contributed by atoms with E-state index < -0.39 is 0 Å². The van der Waals surface area contributed by atoms with Gasteiger partial charge in [0.25, 0.3) is 5.91 Å². The van der Waals surface area contributed by atoms with Gasteiger partial charge in [0.1, 0.15) is 5.69 Å². The van der Waals surface area contributed by atoms with Crippen LogP contribution < -0.4 is 0 Å². The summed E-state index contributed by atoms with van der Waals surface area (Å²) in [4.78, 5) is 16.4. The molecular weight excluding hydrogens is 318 g/mol. The molecule has 18 heavy (non-hydrogen) atoms. The van der Waals surface area contributed by atoms with Gasteiger partial charge in [-0.25, -0.2) is 4.68 Å². The summed E-state index contributed by atoms with van der Waals surface area (Å²) in [7, 11) is 0. The van der Waals surface area contributed by atoms with E-state index in [0.29, 0.717) is 16.4 Å². The summed E-state index contributed by atoms with van der Waals surface area (Å²) < 4.78 is 2.10. The lowest BCUT2D eigenvalue weighted by atomic mass is 10.1. The van der Waals surface area contributed by atoms with Gasteiger partial charge in [0.05, 0.1) is 16.9 Å². The Morgan fingerprint density at radius 1 is 1.39 bits per heavy atom. The molecule has 0 aliphatic carbocycles. The average molecular weight is 329 g/mol. The third kappa shape index (κ3) is 2.20. The molecule has 0 aliphatic rings. The van der Waals surface area contributed by atoms with Gasteiger partial charge in [-0.3, -0.25) is 9.78 Å². The first kappa shape index (κ1) is 13.2. The van der Waals surface area contributed by atoms with E-state index >= 15 is 0 Å². The average Bonchev–Trinajstić information content (AvgIpc) is 2.66. The van der Waals surface area contributed by atoms with Crippen molar-refractivity contribution in [3.05, 3.63) is 44.4 Å². The lowest BCUT2D eigenvalue weighted by molar-refractivity contribution is 0.0939. The van der Waals surface area contributed by atoms with Crippen molar-refractivity contribution in [1.82, 2.24) is 14.8 Å². The van der Waals surface area contributed by atoms with Crippen molar-refractivity contribution in [3.8, 4) is 0 Å².